The molecule has 1 atom stereocenters. The highest BCUT2D eigenvalue weighted by Gasteiger charge is 2.18. The van der Waals surface area contributed by atoms with E-state index < -0.39 is 6.04 Å². The second kappa shape index (κ2) is 4.85. The van der Waals surface area contributed by atoms with Gasteiger partial charge in [0.15, 0.2) is 0 Å². The molecule has 0 spiro atoms. The van der Waals surface area contributed by atoms with Gasteiger partial charge < -0.3 is 15.6 Å². The first-order valence-corrected chi connectivity index (χ1v) is 5.45. The number of rotatable bonds is 3. The van der Waals surface area contributed by atoms with Crippen LogP contribution in [0.25, 0.3) is 0 Å². The standard InChI is InChI=1S/C13H21NO2/c1-13(2,3)9-5-6-12(16-4)10(7-9)11(14)8-15/h5-7,11,15H,8,14H2,1-4H3/t11-/m1/s1. The molecule has 0 unspecified atom stereocenters. The Morgan fingerprint density at radius 2 is 2.00 bits per heavy atom. The van der Waals surface area contributed by atoms with Crippen LogP contribution in [0.4, 0.5) is 0 Å². The van der Waals surface area contributed by atoms with Gasteiger partial charge in [-0.2, -0.15) is 0 Å². The van der Waals surface area contributed by atoms with Crippen molar-refractivity contribution in [2.24, 2.45) is 5.73 Å². The molecule has 1 rings (SSSR count). The van der Waals surface area contributed by atoms with Crippen molar-refractivity contribution >= 4 is 0 Å². The molecule has 0 aliphatic carbocycles. The summed E-state index contributed by atoms with van der Waals surface area (Å²) in [7, 11) is 1.61. The van der Waals surface area contributed by atoms with E-state index in [1.165, 1.54) is 5.56 Å². The van der Waals surface area contributed by atoms with Gasteiger partial charge in [-0.15, -0.1) is 0 Å². The van der Waals surface area contributed by atoms with Gasteiger partial charge in [-0.25, -0.2) is 0 Å². The van der Waals surface area contributed by atoms with E-state index in [1.807, 2.05) is 18.2 Å². The van der Waals surface area contributed by atoms with Crippen LogP contribution in [0.5, 0.6) is 5.75 Å². The molecule has 16 heavy (non-hydrogen) atoms. The summed E-state index contributed by atoms with van der Waals surface area (Å²) < 4.78 is 5.24. The molecule has 0 amide bonds. The van der Waals surface area contributed by atoms with E-state index >= 15 is 0 Å². The highest BCUT2D eigenvalue weighted by atomic mass is 16.5. The molecule has 1 aromatic rings. The molecular weight excluding hydrogens is 202 g/mol. The van der Waals surface area contributed by atoms with Crippen molar-refractivity contribution in [2.45, 2.75) is 32.2 Å². The van der Waals surface area contributed by atoms with Gasteiger partial charge in [0.1, 0.15) is 5.75 Å². The average molecular weight is 223 g/mol. The first-order chi connectivity index (χ1) is 7.40. The number of hydrogen-bond donors (Lipinski definition) is 2. The van der Waals surface area contributed by atoms with Crippen molar-refractivity contribution in [3.63, 3.8) is 0 Å². The Balaban J connectivity index is 3.21. The molecule has 3 nitrogen and oxygen atoms in total. The highest BCUT2D eigenvalue weighted by Crippen LogP contribution is 2.30. The smallest absolute Gasteiger partial charge is 0.123 e. The summed E-state index contributed by atoms with van der Waals surface area (Å²) in [6, 6.07) is 5.56. The molecule has 0 saturated carbocycles. The van der Waals surface area contributed by atoms with Crippen LogP contribution in [0.2, 0.25) is 0 Å². The molecule has 0 bridgehead atoms. The third kappa shape index (κ3) is 2.74. The Labute approximate surface area is 97.2 Å². The maximum atomic E-state index is 9.12. The minimum absolute atomic E-state index is 0.0657. The summed E-state index contributed by atoms with van der Waals surface area (Å²) in [6.07, 6.45) is 0. The summed E-state index contributed by atoms with van der Waals surface area (Å²) >= 11 is 0. The molecule has 3 N–H and O–H groups in total. The Hall–Kier alpha value is -1.06. The van der Waals surface area contributed by atoms with Crippen molar-refractivity contribution in [1.29, 1.82) is 0 Å². The van der Waals surface area contributed by atoms with Crippen LogP contribution in [0.1, 0.15) is 37.9 Å². The van der Waals surface area contributed by atoms with Crippen LogP contribution in [-0.4, -0.2) is 18.8 Å². The second-order valence-corrected chi connectivity index (χ2v) is 5.00. The lowest BCUT2D eigenvalue weighted by Crippen LogP contribution is -2.18. The Kier molecular flexibility index (Phi) is 3.94. The van der Waals surface area contributed by atoms with E-state index in [-0.39, 0.29) is 12.0 Å². The first kappa shape index (κ1) is 13.0. The number of nitrogens with two attached hydrogens (primary N) is 1. The summed E-state index contributed by atoms with van der Waals surface area (Å²) in [4.78, 5) is 0. The van der Waals surface area contributed by atoms with Crippen LogP contribution in [0.15, 0.2) is 18.2 Å². The highest BCUT2D eigenvalue weighted by molar-refractivity contribution is 5.41. The van der Waals surface area contributed by atoms with Gasteiger partial charge in [-0.1, -0.05) is 26.8 Å². The molecule has 0 aliphatic heterocycles. The third-order valence-electron chi connectivity index (χ3n) is 2.69. The van der Waals surface area contributed by atoms with Crippen LogP contribution in [-0.2, 0) is 5.41 Å². The normalized spacial score (nSPS) is 13.6. The molecule has 0 aromatic heterocycles. The zero-order valence-electron chi connectivity index (χ0n) is 10.4. The van der Waals surface area contributed by atoms with Gasteiger partial charge in [0.25, 0.3) is 0 Å². The van der Waals surface area contributed by atoms with Crippen molar-refractivity contribution in [1.82, 2.24) is 0 Å². The van der Waals surface area contributed by atoms with Gasteiger partial charge >= 0.3 is 0 Å². The molecule has 0 saturated heterocycles. The maximum Gasteiger partial charge on any atom is 0.123 e. The van der Waals surface area contributed by atoms with Gasteiger partial charge in [0.05, 0.1) is 19.8 Å². The number of ether oxygens (including phenoxy) is 1. The third-order valence-corrected chi connectivity index (χ3v) is 2.69. The minimum Gasteiger partial charge on any atom is -0.496 e. The molecule has 0 fully saturated rings. The quantitative estimate of drug-likeness (QED) is 0.824. The van der Waals surface area contributed by atoms with Crippen LogP contribution < -0.4 is 10.5 Å². The number of benzene rings is 1. The van der Waals surface area contributed by atoms with Gasteiger partial charge in [0, 0.05) is 5.56 Å². The van der Waals surface area contributed by atoms with Gasteiger partial charge in [-0.3, -0.25) is 0 Å². The largest absolute Gasteiger partial charge is 0.496 e. The molecular formula is C13H21NO2. The zero-order valence-corrected chi connectivity index (χ0v) is 10.4. The lowest BCUT2D eigenvalue weighted by atomic mass is 9.85. The monoisotopic (exact) mass is 223 g/mol. The maximum absolute atomic E-state index is 9.12. The molecule has 0 heterocycles. The fraction of sp³-hybridized carbons (Fsp3) is 0.538. The number of methoxy groups -OCH3 is 1. The van der Waals surface area contributed by atoms with E-state index in [1.54, 1.807) is 7.11 Å². The van der Waals surface area contributed by atoms with Crippen molar-refractivity contribution in [3.05, 3.63) is 29.3 Å². The van der Waals surface area contributed by atoms with E-state index in [2.05, 4.69) is 20.8 Å². The Morgan fingerprint density at radius 1 is 1.38 bits per heavy atom. The van der Waals surface area contributed by atoms with E-state index in [0.29, 0.717) is 0 Å². The first-order valence-electron chi connectivity index (χ1n) is 5.45. The van der Waals surface area contributed by atoms with E-state index in [4.69, 9.17) is 15.6 Å². The molecule has 0 aliphatic rings. The SMILES string of the molecule is COc1ccc(C(C)(C)C)cc1[C@H](N)CO. The lowest BCUT2D eigenvalue weighted by molar-refractivity contribution is 0.264. The van der Waals surface area contributed by atoms with Gasteiger partial charge in [0.2, 0.25) is 0 Å². The van der Waals surface area contributed by atoms with Crippen molar-refractivity contribution in [3.8, 4) is 5.75 Å². The van der Waals surface area contributed by atoms with Crippen LogP contribution >= 0.6 is 0 Å². The van der Waals surface area contributed by atoms with Crippen molar-refractivity contribution in [2.75, 3.05) is 13.7 Å². The lowest BCUT2D eigenvalue weighted by Gasteiger charge is -2.22. The summed E-state index contributed by atoms with van der Waals surface area (Å²) in [5.74, 6) is 0.731. The summed E-state index contributed by atoms with van der Waals surface area (Å²) in [6.45, 7) is 6.35. The fourth-order valence-electron chi connectivity index (χ4n) is 1.59. The zero-order chi connectivity index (χ0) is 12.3. The Morgan fingerprint density at radius 3 is 2.44 bits per heavy atom. The number of aliphatic hydroxyl groups is 1. The Bertz CT molecular complexity index is 355. The summed E-state index contributed by atoms with van der Waals surface area (Å²) in [5.41, 5.74) is 7.96. The van der Waals surface area contributed by atoms with E-state index in [9.17, 15) is 0 Å². The molecule has 3 heteroatoms. The molecule has 90 valence electrons. The minimum atomic E-state index is -0.391. The van der Waals surface area contributed by atoms with Crippen LogP contribution in [0, 0.1) is 0 Å². The predicted molar refractivity (Wildman–Crippen MR) is 65.7 cm³/mol. The summed E-state index contributed by atoms with van der Waals surface area (Å²) in [5, 5.41) is 9.12. The number of hydrogen-bond acceptors (Lipinski definition) is 3. The second-order valence-electron chi connectivity index (χ2n) is 5.00. The van der Waals surface area contributed by atoms with Gasteiger partial charge in [-0.05, 0) is 23.1 Å². The molecule has 0 radical (unpaired) electrons. The van der Waals surface area contributed by atoms with Crippen molar-refractivity contribution < 1.29 is 9.84 Å². The number of aliphatic hydroxyl groups excluding tert-OH is 1. The topological polar surface area (TPSA) is 55.5 Å². The fourth-order valence-corrected chi connectivity index (χ4v) is 1.59. The van der Waals surface area contributed by atoms with E-state index in [0.717, 1.165) is 11.3 Å². The molecule has 1 aromatic carbocycles. The predicted octanol–water partition coefficient (Wildman–Crippen LogP) is 1.98. The average Bonchev–Trinajstić information content (AvgIpc) is 2.25. The van der Waals surface area contributed by atoms with Crippen LogP contribution in [0.3, 0.4) is 0 Å².